The molecule has 94 valence electrons. The largest absolute Gasteiger partial charge is 0.469 e. The highest BCUT2D eigenvalue weighted by Gasteiger charge is 2.71. The van der Waals surface area contributed by atoms with Crippen molar-refractivity contribution in [2.24, 2.45) is 5.41 Å². The lowest BCUT2D eigenvalue weighted by atomic mass is 9.62. The number of hydrogen-bond acceptors (Lipinski definition) is 5. The number of anilines is 1. The summed E-state index contributed by atoms with van der Waals surface area (Å²) in [7, 11) is 1.44. The van der Waals surface area contributed by atoms with E-state index < -0.39 is 0 Å². The summed E-state index contributed by atoms with van der Waals surface area (Å²) in [6.07, 6.45) is 3.11. The number of nitrogens with zero attached hydrogens (tertiary/aromatic N) is 3. The van der Waals surface area contributed by atoms with Crippen molar-refractivity contribution in [1.82, 2.24) is 9.55 Å². The average Bonchev–Trinajstić information content (AvgIpc) is 2.89. The third-order valence-electron chi connectivity index (χ3n) is 4.63. The molecule has 0 aromatic carbocycles. The second kappa shape index (κ2) is 2.76. The summed E-state index contributed by atoms with van der Waals surface area (Å²) in [6, 6.07) is 1.85. The maximum Gasteiger partial charge on any atom is 0.349 e. The second-order valence-electron chi connectivity index (χ2n) is 5.61. The molecular weight excluding hydrogens is 234 g/mol. The van der Waals surface area contributed by atoms with Gasteiger partial charge in [-0.15, -0.1) is 0 Å². The first-order chi connectivity index (χ1) is 8.60. The maximum absolute atomic E-state index is 11.9. The zero-order valence-corrected chi connectivity index (χ0v) is 10.0. The van der Waals surface area contributed by atoms with Crippen LogP contribution in [0.4, 0.5) is 5.82 Å². The van der Waals surface area contributed by atoms with Gasteiger partial charge in [-0.1, -0.05) is 0 Å². The predicted molar refractivity (Wildman–Crippen MR) is 62.3 cm³/mol. The van der Waals surface area contributed by atoms with Crippen LogP contribution in [-0.4, -0.2) is 34.7 Å². The van der Waals surface area contributed by atoms with Gasteiger partial charge in [0.1, 0.15) is 5.82 Å². The zero-order valence-electron chi connectivity index (χ0n) is 10.0. The van der Waals surface area contributed by atoms with Gasteiger partial charge in [0.15, 0.2) is 0 Å². The zero-order chi connectivity index (χ0) is 12.5. The van der Waals surface area contributed by atoms with Crippen LogP contribution >= 0.6 is 0 Å². The fraction of sp³-hybridized carbons (Fsp3) is 0.583. The number of aromatic nitrogens is 2. The molecule has 18 heavy (non-hydrogen) atoms. The Kier molecular flexibility index (Phi) is 1.55. The van der Waals surface area contributed by atoms with E-state index in [0.717, 1.165) is 18.7 Å². The van der Waals surface area contributed by atoms with Crippen LogP contribution in [0, 0.1) is 5.41 Å². The summed E-state index contributed by atoms with van der Waals surface area (Å²) in [4.78, 5) is 29.5. The van der Waals surface area contributed by atoms with E-state index in [4.69, 9.17) is 4.74 Å². The highest BCUT2D eigenvalue weighted by atomic mass is 16.5. The van der Waals surface area contributed by atoms with Crippen LogP contribution in [-0.2, 0) is 16.1 Å². The van der Waals surface area contributed by atoms with Gasteiger partial charge >= 0.3 is 11.7 Å². The number of esters is 1. The molecule has 6 heteroatoms. The molecule has 4 heterocycles. The summed E-state index contributed by atoms with van der Waals surface area (Å²) >= 11 is 0. The van der Waals surface area contributed by atoms with Crippen LogP contribution in [0.15, 0.2) is 17.1 Å². The lowest BCUT2D eigenvalue weighted by molar-refractivity contribution is -0.157. The molecule has 5 rings (SSSR count). The van der Waals surface area contributed by atoms with Gasteiger partial charge in [0.25, 0.3) is 0 Å². The molecule has 0 atom stereocenters. The first kappa shape index (κ1) is 10.1. The third kappa shape index (κ3) is 0.900. The number of methoxy groups -OCH3 is 1. The summed E-state index contributed by atoms with van der Waals surface area (Å²) < 4.78 is 6.61. The monoisotopic (exact) mass is 247 g/mol. The molecule has 3 fully saturated rings. The number of carbonyl (C=O) groups is 1. The minimum absolute atomic E-state index is 0.0522. The van der Waals surface area contributed by atoms with Crippen LogP contribution in [0.2, 0.25) is 0 Å². The summed E-state index contributed by atoms with van der Waals surface area (Å²) in [6.45, 7) is 1.30. The number of ether oxygens (including phenoxy) is 1. The lowest BCUT2D eigenvalue weighted by Gasteiger charge is -2.43. The van der Waals surface area contributed by atoms with Crippen molar-refractivity contribution in [3.63, 3.8) is 0 Å². The highest BCUT2D eigenvalue weighted by molar-refractivity contribution is 5.83. The van der Waals surface area contributed by atoms with Crippen molar-refractivity contribution in [1.29, 1.82) is 0 Å². The van der Waals surface area contributed by atoms with Gasteiger partial charge in [-0.3, -0.25) is 9.36 Å². The van der Waals surface area contributed by atoms with E-state index in [-0.39, 0.29) is 22.6 Å². The van der Waals surface area contributed by atoms with Crippen molar-refractivity contribution in [3.05, 3.63) is 22.7 Å². The van der Waals surface area contributed by atoms with Gasteiger partial charge in [0.2, 0.25) is 0 Å². The predicted octanol–water partition coefficient (Wildman–Crippen LogP) is -0.231. The Morgan fingerprint density at radius 1 is 1.44 bits per heavy atom. The average molecular weight is 247 g/mol. The van der Waals surface area contributed by atoms with E-state index in [9.17, 15) is 9.59 Å². The van der Waals surface area contributed by atoms with Crippen molar-refractivity contribution in [2.75, 3.05) is 18.6 Å². The smallest absolute Gasteiger partial charge is 0.349 e. The Labute approximate surface area is 103 Å². The van der Waals surface area contributed by atoms with Crippen molar-refractivity contribution in [3.8, 4) is 0 Å². The Balaban J connectivity index is 1.78. The number of rotatable bonds is 1. The third-order valence-corrected chi connectivity index (χ3v) is 4.63. The summed E-state index contributed by atoms with van der Waals surface area (Å²) in [5.41, 5.74) is -0.602. The minimum atomic E-state index is -0.348. The Hall–Kier alpha value is -1.85. The van der Waals surface area contributed by atoms with Crippen molar-refractivity contribution < 1.29 is 9.53 Å². The van der Waals surface area contributed by atoms with Gasteiger partial charge < -0.3 is 9.64 Å². The van der Waals surface area contributed by atoms with Crippen LogP contribution < -0.4 is 10.6 Å². The molecule has 6 nitrogen and oxygen atoms in total. The Morgan fingerprint density at radius 3 is 2.94 bits per heavy atom. The van der Waals surface area contributed by atoms with E-state index in [0.29, 0.717) is 13.1 Å². The number of hydrogen-bond donors (Lipinski definition) is 0. The molecule has 1 spiro atoms. The van der Waals surface area contributed by atoms with E-state index in [2.05, 4.69) is 9.88 Å². The van der Waals surface area contributed by atoms with Crippen LogP contribution in [0.1, 0.15) is 12.8 Å². The van der Waals surface area contributed by atoms with Crippen LogP contribution in [0.5, 0.6) is 0 Å². The number of fused-ring (bicyclic) bond motifs is 1. The van der Waals surface area contributed by atoms with Crippen LogP contribution in [0.25, 0.3) is 0 Å². The minimum Gasteiger partial charge on any atom is -0.469 e. The molecule has 2 saturated heterocycles. The van der Waals surface area contributed by atoms with Crippen LogP contribution in [0.3, 0.4) is 0 Å². The van der Waals surface area contributed by atoms with Crippen molar-refractivity contribution >= 4 is 11.8 Å². The Bertz CT molecular complexity index is 615. The van der Waals surface area contributed by atoms with E-state index in [1.807, 2.05) is 6.07 Å². The molecular formula is C12H13N3O3. The molecule has 1 saturated carbocycles. The SMILES string of the molecule is COC(=O)C12CN3c4ccnc(=O)n4CC3(C1)C2. The van der Waals surface area contributed by atoms with Gasteiger partial charge in [-0.2, -0.15) is 0 Å². The molecule has 3 aliphatic heterocycles. The molecule has 1 aromatic heterocycles. The maximum atomic E-state index is 11.9. The van der Waals surface area contributed by atoms with Gasteiger partial charge in [-0.25, -0.2) is 9.78 Å². The topological polar surface area (TPSA) is 64.4 Å². The molecule has 1 aliphatic carbocycles. The molecule has 0 unspecified atom stereocenters. The molecule has 0 amide bonds. The normalized spacial score (nSPS) is 34.8. The fourth-order valence-electron chi connectivity index (χ4n) is 4.03. The molecule has 2 bridgehead atoms. The molecule has 0 N–H and O–H groups in total. The van der Waals surface area contributed by atoms with Gasteiger partial charge in [0, 0.05) is 12.7 Å². The summed E-state index contributed by atoms with van der Waals surface area (Å²) in [5, 5.41) is 0. The van der Waals surface area contributed by atoms with Gasteiger partial charge in [-0.05, 0) is 18.9 Å². The lowest BCUT2D eigenvalue weighted by Crippen LogP contribution is -2.52. The van der Waals surface area contributed by atoms with Gasteiger partial charge in [0.05, 0.1) is 24.6 Å². The fourth-order valence-corrected chi connectivity index (χ4v) is 4.03. The van der Waals surface area contributed by atoms with Crippen molar-refractivity contribution in [2.45, 2.75) is 24.9 Å². The van der Waals surface area contributed by atoms with E-state index in [1.54, 1.807) is 4.57 Å². The molecule has 1 aromatic rings. The molecule has 0 radical (unpaired) electrons. The summed E-state index contributed by atoms with van der Waals surface area (Å²) in [5.74, 6) is 0.767. The van der Waals surface area contributed by atoms with E-state index in [1.165, 1.54) is 13.3 Å². The quantitative estimate of drug-likeness (QED) is 0.641. The first-order valence-electron chi connectivity index (χ1n) is 6.02. The highest BCUT2D eigenvalue weighted by Crippen LogP contribution is 2.63. The standard InChI is InChI=1S/C12H13N3O3/c1-18-9(16)11-4-12(5-11)7-14-8(15(12)6-11)2-3-13-10(14)17/h2-3H,4-7H2,1H3. The van der Waals surface area contributed by atoms with E-state index >= 15 is 0 Å². The second-order valence-corrected chi connectivity index (χ2v) is 5.61. The Morgan fingerprint density at radius 2 is 2.22 bits per heavy atom. The first-order valence-corrected chi connectivity index (χ1v) is 6.02. The molecule has 4 aliphatic rings. The number of carbonyl (C=O) groups excluding carboxylic acids is 1.